The standard InChI is InChI=1S/C16H20ClNO4/c1-21-8-11-15(10-4-5-22-16(10)11)18-14(20)7-9-2-3-13(19)12(17)6-9/h2-3,6,10-11,15-16,19H,4-5,7-8H2,1H3,(H,18,20)/t10-,11-,15-,16-/m1/s1. The summed E-state index contributed by atoms with van der Waals surface area (Å²) in [7, 11) is 1.67. The monoisotopic (exact) mass is 325 g/mol. The number of carbonyl (C=O) groups excluding carboxylic acids is 1. The highest BCUT2D eigenvalue weighted by molar-refractivity contribution is 6.32. The molecule has 120 valence electrons. The highest BCUT2D eigenvalue weighted by Gasteiger charge is 2.54. The number of aromatic hydroxyl groups is 1. The predicted molar refractivity (Wildman–Crippen MR) is 82.0 cm³/mol. The molecule has 1 saturated carbocycles. The number of fused-ring (bicyclic) bond motifs is 1. The molecule has 0 unspecified atom stereocenters. The summed E-state index contributed by atoms with van der Waals surface area (Å²) in [6.07, 6.45) is 1.45. The molecule has 0 bridgehead atoms. The quantitative estimate of drug-likeness (QED) is 0.865. The van der Waals surface area contributed by atoms with Crippen LogP contribution in [0.3, 0.4) is 0 Å². The van der Waals surface area contributed by atoms with E-state index in [-0.39, 0.29) is 41.2 Å². The van der Waals surface area contributed by atoms with Crippen LogP contribution in [0, 0.1) is 11.8 Å². The summed E-state index contributed by atoms with van der Waals surface area (Å²) in [6, 6.07) is 4.94. The van der Waals surface area contributed by atoms with Crippen LogP contribution in [0.2, 0.25) is 5.02 Å². The van der Waals surface area contributed by atoms with Crippen molar-refractivity contribution >= 4 is 17.5 Å². The molecule has 22 heavy (non-hydrogen) atoms. The maximum absolute atomic E-state index is 12.3. The van der Waals surface area contributed by atoms with E-state index < -0.39 is 0 Å². The lowest BCUT2D eigenvalue weighted by Crippen LogP contribution is -2.62. The van der Waals surface area contributed by atoms with Gasteiger partial charge >= 0.3 is 0 Å². The third-order valence-electron chi connectivity index (χ3n) is 4.59. The topological polar surface area (TPSA) is 67.8 Å². The van der Waals surface area contributed by atoms with Crippen molar-refractivity contribution in [2.24, 2.45) is 11.8 Å². The highest BCUT2D eigenvalue weighted by atomic mass is 35.5. The molecule has 2 aliphatic rings. The second-order valence-electron chi connectivity index (χ2n) is 5.96. The highest BCUT2D eigenvalue weighted by Crippen LogP contribution is 2.43. The number of benzene rings is 1. The Balaban J connectivity index is 1.60. The molecule has 2 N–H and O–H groups in total. The van der Waals surface area contributed by atoms with Gasteiger partial charge in [-0.3, -0.25) is 4.79 Å². The average Bonchev–Trinajstić information content (AvgIpc) is 2.91. The van der Waals surface area contributed by atoms with Gasteiger partial charge in [-0.1, -0.05) is 17.7 Å². The van der Waals surface area contributed by atoms with Crippen molar-refractivity contribution in [3.05, 3.63) is 28.8 Å². The zero-order valence-corrected chi connectivity index (χ0v) is 13.2. The van der Waals surface area contributed by atoms with Crippen molar-refractivity contribution in [3.8, 4) is 5.75 Å². The van der Waals surface area contributed by atoms with E-state index >= 15 is 0 Å². The first-order valence-electron chi connectivity index (χ1n) is 7.47. The van der Waals surface area contributed by atoms with E-state index in [1.54, 1.807) is 19.2 Å². The van der Waals surface area contributed by atoms with Crippen molar-refractivity contribution in [2.45, 2.75) is 25.0 Å². The van der Waals surface area contributed by atoms with Gasteiger partial charge in [-0.2, -0.15) is 0 Å². The lowest BCUT2D eigenvalue weighted by molar-refractivity contribution is -0.129. The Morgan fingerprint density at radius 3 is 3.09 bits per heavy atom. The Labute approximate surface area is 134 Å². The maximum atomic E-state index is 12.3. The average molecular weight is 326 g/mol. The second kappa shape index (κ2) is 6.44. The van der Waals surface area contributed by atoms with Crippen molar-refractivity contribution in [2.75, 3.05) is 20.3 Å². The SMILES string of the molecule is COC[C@@H]1[C@H](NC(=O)Cc2ccc(O)c(Cl)c2)[C@H]2CCO[C@H]21. The van der Waals surface area contributed by atoms with Gasteiger partial charge in [-0.05, 0) is 24.1 Å². The summed E-state index contributed by atoms with van der Waals surface area (Å²) in [5.41, 5.74) is 0.780. The Kier molecular flexibility index (Phi) is 4.57. The lowest BCUT2D eigenvalue weighted by atomic mass is 9.67. The zero-order valence-electron chi connectivity index (χ0n) is 12.4. The van der Waals surface area contributed by atoms with Crippen LogP contribution in [0.4, 0.5) is 0 Å². The van der Waals surface area contributed by atoms with Gasteiger partial charge in [0.15, 0.2) is 0 Å². The van der Waals surface area contributed by atoms with Gasteiger partial charge in [0.2, 0.25) is 5.91 Å². The first kappa shape index (κ1) is 15.6. The van der Waals surface area contributed by atoms with Crippen LogP contribution in [0.15, 0.2) is 18.2 Å². The van der Waals surface area contributed by atoms with E-state index in [2.05, 4.69) is 5.32 Å². The molecular formula is C16H20ClNO4. The third kappa shape index (κ3) is 2.93. The molecule has 5 nitrogen and oxygen atoms in total. The zero-order chi connectivity index (χ0) is 15.7. The summed E-state index contributed by atoms with van der Waals surface area (Å²) in [5.74, 6) is 0.603. The Bertz CT molecular complexity index is 565. The van der Waals surface area contributed by atoms with Crippen LogP contribution in [0.5, 0.6) is 5.75 Å². The van der Waals surface area contributed by atoms with Crippen molar-refractivity contribution < 1.29 is 19.4 Å². The predicted octanol–water partition coefficient (Wildman–Crippen LogP) is 1.75. The van der Waals surface area contributed by atoms with Gasteiger partial charge in [0.25, 0.3) is 0 Å². The molecule has 1 amide bonds. The van der Waals surface area contributed by atoms with Gasteiger partial charge in [-0.15, -0.1) is 0 Å². The summed E-state index contributed by atoms with van der Waals surface area (Å²) in [6.45, 7) is 1.35. The molecule has 4 atom stereocenters. The minimum Gasteiger partial charge on any atom is -0.506 e. The number of methoxy groups -OCH3 is 1. The maximum Gasteiger partial charge on any atom is 0.224 e. The van der Waals surface area contributed by atoms with Crippen molar-refractivity contribution in [3.63, 3.8) is 0 Å². The minimum atomic E-state index is -0.0433. The van der Waals surface area contributed by atoms with E-state index in [9.17, 15) is 9.90 Å². The molecule has 1 aromatic rings. The van der Waals surface area contributed by atoms with Crippen LogP contribution in [-0.4, -0.2) is 43.5 Å². The van der Waals surface area contributed by atoms with Crippen LogP contribution in [-0.2, 0) is 20.7 Å². The first-order valence-corrected chi connectivity index (χ1v) is 7.85. The summed E-state index contributed by atoms with van der Waals surface area (Å²) in [4.78, 5) is 12.3. The Morgan fingerprint density at radius 2 is 2.36 bits per heavy atom. The molecule has 1 heterocycles. The van der Waals surface area contributed by atoms with E-state index in [0.717, 1.165) is 18.6 Å². The van der Waals surface area contributed by atoms with Gasteiger partial charge in [0.05, 0.1) is 24.2 Å². The van der Waals surface area contributed by atoms with Crippen molar-refractivity contribution in [1.29, 1.82) is 0 Å². The summed E-state index contributed by atoms with van der Waals surface area (Å²) in [5, 5.41) is 12.8. The van der Waals surface area contributed by atoms with Crippen LogP contribution >= 0.6 is 11.6 Å². The Hall–Kier alpha value is -1.30. The van der Waals surface area contributed by atoms with Crippen LogP contribution in [0.1, 0.15) is 12.0 Å². The van der Waals surface area contributed by atoms with Crippen molar-refractivity contribution in [1.82, 2.24) is 5.32 Å². The minimum absolute atomic E-state index is 0.0240. The molecule has 2 fully saturated rings. The number of amides is 1. The number of carbonyl (C=O) groups is 1. The van der Waals surface area contributed by atoms with Gasteiger partial charge in [0.1, 0.15) is 5.75 Å². The molecular weight excluding hydrogens is 306 g/mol. The van der Waals surface area contributed by atoms with Gasteiger partial charge < -0.3 is 19.9 Å². The van der Waals surface area contributed by atoms with Crippen LogP contribution in [0.25, 0.3) is 0 Å². The third-order valence-corrected chi connectivity index (χ3v) is 4.89. The number of ether oxygens (including phenoxy) is 2. The molecule has 1 aromatic carbocycles. The normalized spacial score (nSPS) is 29.7. The molecule has 0 radical (unpaired) electrons. The largest absolute Gasteiger partial charge is 0.506 e. The summed E-state index contributed by atoms with van der Waals surface area (Å²) >= 11 is 5.86. The fraction of sp³-hybridized carbons (Fsp3) is 0.562. The van der Waals surface area contributed by atoms with Gasteiger partial charge in [0, 0.05) is 31.6 Å². The van der Waals surface area contributed by atoms with Gasteiger partial charge in [-0.25, -0.2) is 0 Å². The number of nitrogens with one attached hydrogen (secondary N) is 1. The lowest BCUT2D eigenvalue weighted by Gasteiger charge is -2.47. The molecule has 0 spiro atoms. The molecule has 3 rings (SSSR count). The van der Waals surface area contributed by atoms with Crippen LogP contribution < -0.4 is 5.32 Å². The first-order chi connectivity index (χ1) is 10.6. The Morgan fingerprint density at radius 1 is 1.55 bits per heavy atom. The number of phenolic OH excluding ortho intramolecular Hbond substituents is 1. The van der Waals surface area contributed by atoms with E-state index in [0.29, 0.717) is 12.5 Å². The number of phenols is 1. The number of rotatable bonds is 5. The fourth-order valence-corrected chi connectivity index (χ4v) is 3.72. The fourth-order valence-electron chi connectivity index (χ4n) is 3.52. The van der Waals surface area contributed by atoms with E-state index in [1.165, 1.54) is 6.07 Å². The second-order valence-corrected chi connectivity index (χ2v) is 6.37. The number of hydrogen-bond donors (Lipinski definition) is 2. The molecule has 0 aromatic heterocycles. The molecule has 6 heteroatoms. The van der Waals surface area contributed by atoms with E-state index in [1.807, 2.05) is 0 Å². The number of hydrogen-bond acceptors (Lipinski definition) is 4. The smallest absolute Gasteiger partial charge is 0.224 e. The molecule has 1 aliphatic heterocycles. The van der Waals surface area contributed by atoms with E-state index in [4.69, 9.17) is 21.1 Å². The molecule has 1 aliphatic carbocycles. The molecule has 1 saturated heterocycles. The number of halogens is 1. The summed E-state index contributed by atoms with van der Waals surface area (Å²) < 4.78 is 10.9.